The van der Waals surface area contributed by atoms with Crippen LogP contribution in [-0.2, 0) is 4.79 Å². The molecule has 2 amide bonds. The van der Waals surface area contributed by atoms with E-state index in [2.05, 4.69) is 10.2 Å². The predicted molar refractivity (Wildman–Crippen MR) is 149 cm³/mol. The molecule has 2 aromatic heterocycles. The quantitative estimate of drug-likeness (QED) is 0.221. The van der Waals surface area contributed by atoms with Crippen LogP contribution in [0.15, 0.2) is 82.6 Å². The number of aromatic nitrogens is 3. The minimum absolute atomic E-state index is 0.0749. The van der Waals surface area contributed by atoms with Gasteiger partial charge in [-0.05, 0) is 49.7 Å². The molecule has 0 radical (unpaired) electrons. The molecule has 202 valence electrons. The van der Waals surface area contributed by atoms with Crippen LogP contribution in [0.4, 0.5) is 0 Å². The summed E-state index contributed by atoms with van der Waals surface area (Å²) in [5.74, 6) is 2.51. The molecule has 0 bridgehead atoms. The van der Waals surface area contributed by atoms with Crippen LogP contribution in [0.2, 0.25) is 0 Å². The third-order valence-corrected chi connectivity index (χ3v) is 7.73. The Morgan fingerprint density at radius 1 is 1.05 bits per heavy atom. The zero-order valence-corrected chi connectivity index (χ0v) is 22.8. The van der Waals surface area contributed by atoms with Crippen molar-refractivity contribution in [2.75, 3.05) is 32.5 Å². The van der Waals surface area contributed by atoms with Gasteiger partial charge in [-0.3, -0.25) is 14.2 Å². The zero-order chi connectivity index (χ0) is 27.2. The van der Waals surface area contributed by atoms with Crippen LogP contribution >= 0.6 is 11.8 Å². The minimum Gasteiger partial charge on any atom is -0.497 e. The number of carbonyl (C=O) groups excluding carboxylic acids is 2. The predicted octanol–water partition coefficient (Wildman–Crippen LogP) is 4.78. The molecule has 1 saturated heterocycles. The Balaban J connectivity index is 1.19. The highest BCUT2D eigenvalue weighted by Crippen LogP contribution is 2.30. The second-order valence-corrected chi connectivity index (χ2v) is 10.4. The van der Waals surface area contributed by atoms with Gasteiger partial charge in [-0.25, -0.2) is 0 Å². The smallest absolute Gasteiger partial charge is 0.289 e. The van der Waals surface area contributed by atoms with Gasteiger partial charge in [-0.15, -0.1) is 10.2 Å². The van der Waals surface area contributed by atoms with Crippen LogP contribution in [-0.4, -0.2) is 74.9 Å². The molecule has 1 atom stereocenters. The molecule has 0 aliphatic carbocycles. The lowest BCUT2D eigenvalue weighted by Gasteiger charge is -2.39. The maximum Gasteiger partial charge on any atom is 0.289 e. The highest BCUT2D eigenvalue weighted by Gasteiger charge is 2.31. The molecule has 1 fully saturated rings. The van der Waals surface area contributed by atoms with Crippen molar-refractivity contribution in [3.05, 3.63) is 78.8 Å². The van der Waals surface area contributed by atoms with Gasteiger partial charge in [0.15, 0.2) is 16.7 Å². The third kappa shape index (κ3) is 6.01. The van der Waals surface area contributed by atoms with Crippen LogP contribution in [0, 0.1) is 0 Å². The standard InChI is InChI=1S/C29H31N5O4S/c1-21-20-32(15-16-33(21)28(36)25-13-7-17-38-25)26(35)14-8-18-39-29-31-30-27(22-9-6-12-24(19-22)37-2)34(29)23-10-4-3-5-11-23/h3-7,9-13,17,19,21H,8,14-16,18,20H2,1-2H3. The zero-order valence-electron chi connectivity index (χ0n) is 22.0. The number of methoxy groups -OCH3 is 1. The van der Waals surface area contributed by atoms with Crippen molar-refractivity contribution in [1.82, 2.24) is 24.6 Å². The number of piperazine rings is 1. The molecule has 10 heteroatoms. The van der Waals surface area contributed by atoms with Gasteiger partial charge in [0.2, 0.25) is 5.91 Å². The van der Waals surface area contributed by atoms with Crippen molar-refractivity contribution in [3.63, 3.8) is 0 Å². The molecule has 0 saturated carbocycles. The molecule has 1 unspecified atom stereocenters. The lowest BCUT2D eigenvalue weighted by Crippen LogP contribution is -2.55. The summed E-state index contributed by atoms with van der Waals surface area (Å²) < 4.78 is 12.7. The lowest BCUT2D eigenvalue weighted by molar-refractivity contribution is -0.133. The first-order valence-electron chi connectivity index (χ1n) is 13.0. The highest BCUT2D eigenvalue weighted by molar-refractivity contribution is 7.99. The fourth-order valence-corrected chi connectivity index (χ4v) is 5.59. The number of rotatable bonds is 9. The van der Waals surface area contributed by atoms with Crippen molar-refractivity contribution in [3.8, 4) is 22.8 Å². The molecule has 4 aromatic rings. The maximum atomic E-state index is 12.9. The van der Waals surface area contributed by atoms with Crippen LogP contribution in [0.3, 0.4) is 0 Å². The molecule has 1 aliphatic rings. The Morgan fingerprint density at radius 3 is 2.64 bits per heavy atom. The first-order chi connectivity index (χ1) is 19.0. The summed E-state index contributed by atoms with van der Waals surface area (Å²) in [5, 5.41) is 9.75. The Kier molecular flexibility index (Phi) is 8.31. The minimum atomic E-state index is -0.133. The van der Waals surface area contributed by atoms with Crippen molar-refractivity contribution in [2.24, 2.45) is 0 Å². The normalized spacial score (nSPS) is 15.4. The van der Waals surface area contributed by atoms with Crippen molar-refractivity contribution < 1.29 is 18.7 Å². The van der Waals surface area contributed by atoms with E-state index in [1.54, 1.807) is 35.9 Å². The monoisotopic (exact) mass is 545 g/mol. The summed E-state index contributed by atoms with van der Waals surface area (Å²) in [5.41, 5.74) is 1.88. The van der Waals surface area contributed by atoms with Crippen molar-refractivity contribution in [2.45, 2.75) is 31.0 Å². The average molecular weight is 546 g/mol. The fourth-order valence-electron chi connectivity index (χ4n) is 4.69. The molecule has 39 heavy (non-hydrogen) atoms. The number of carbonyl (C=O) groups is 2. The number of furan rings is 1. The average Bonchev–Trinajstić information content (AvgIpc) is 3.66. The summed E-state index contributed by atoms with van der Waals surface area (Å²) in [6, 6.07) is 21.1. The number of nitrogens with zero attached hydrogens (tertiary/aromatic N) is 5. The Hall–Kier alpha value is -4.05. The molecule has 2 aromatic carbocycles. The number of benzene rings is 2. The summed E-state index contributed by atoms with van der Waals surface area (Å²) in [4.78, 5) is 29.2. The van der Waals surface area contributed by atoms with E-state index in [4.69, 9.17) is 9.15 Å². The molecular weight excluding hydrogens is 514 g/mol. The van der Waals surface area contributed by atoms with E-state index in [-0.39, 0.29) is 17.9 Å². The van der Waals surface area contributed by atoms with Gasteiger partial charge in [0.25, 0.3) is 5.91 Å². The topological polar surface area (TPSA) is 93.7 Å². The van der Waals surface area contributed by atoms with E-state index in [1.165, 1.54) is 6.26 Å². The van der Waals surface area contributed by atoms with Gasteiger partial charge >= 0.3 is 0 Å². The molecule has 0 N–H and O–H groups in total. The first-order valence-corrected chi connectivity index (χ1v) is 13.9. The van der Waals surface area contributed by atoms with Gasteiger partial charge in [0.05, 0.1) is 13.4 Å². The van der Waals surface area contributed by atoms with Gasteiger partial charge in [-0.2, -0.15) is 0 Å². The molecule has 3 heterocycles. The molecular formula is C29H31N5O4S. The summed E-state index contributed by atoms with van der Waals surface area (Å²) in [6.07, 6.45) is 2.64. The van der Waals surface area contributed by atoms with Crippen molar-refractivity contribution in [1.29, 1.82) is 0 Å². The number of hydrogen-bond donors (Lipinski definition) is 0. The lowest BCUT2D eigenvalue weighted by atomic mass is 10.1. The van der Waals surface area contributed by atoms with Gasteiger partial charge in [-0.1, -0.05) is 42.1 Å². The second-order valence-electron chi connectivity index (χ2n) is 9.33. The van der Waals surface area contributed by atoms with Crippen LogP contribution in [0.1, 0.15) is 30.3 Å². The Morgan fingerprint density at radius 2 is 1.90 bits per heavy atom. The van der Waals surface area contributed by atoms with Crippen LogP contribution < -0.4 is 4.74 Å². The molecule has 0 spiro atoms. The van der Waals surface area contributed by atoms with Crippen LogP contribution in [0.5, 0.6) is 5.75 Å². The number of hydrogen-bond acceptors (Lipinski definition) is 7. The highest BCUT2D eigenvalue weighted by atomic mass is 32.2. The summed E-state index contributed by atoms with van der Waals surface area (Å²) in [7, 11) is 1.64. The summed E-state index contributed by atoms with van der Waals surface area (Å²) in [6.45, 7) is 3.50. The number of amides is 2. The molecule has 1 aliphatic heterocycles. The second kappa shape index (κ2) is 12.2. The maximum absolute atomic E-state index is 12.9. The van der Waals surface area contributed by atoms with E-state index in [1.807, 2.05) is 71.0 Å². The van der Waals surface area contributed by atoms with Gasteiger partial charge in [0, 0.05) is 49.1 Å². The SMILES string of the molecule is COc1cccc(-c2nnc(SCCCC(=O)N3CCN(C(=O)c4ccco4)C(C)C3)n2-c2ccccc2)c1. The third-order valence-electron chi connectivity index (χ3n) is 6.71. The number of para-hydroxylation sites is 1. The summed E-state index contributed by atoms with van der Waals surface area (Å²) >= 11 is 1.58. The fraction of sp³-hybridized carbons (Fsp3) is 0.310. The van der Waals surface area contributed by atoms with E-state index in [9.17, 15) is 9.59 Å². The van der Waals surface area contributed by atoms with Crippen LogP contribution in [0.25, 0.3) is 17.1 Å². The molecule has 9 nitrogen and oxygen atoms in total. The van der Waals surface area contributed by atoms with E-state index < -0.39 is 0 Å². The number of thioether (sulfide) groups is 1. The number of ether oxygens (including phenoxy) is 1. The molecule has 5 rings (SSSR count). The van der Waals surface area contributed by atoms with E-state index in [0.29, 0.717) is 38.2 Å². The van der Waals surface area contributed by atoms with Crippen molar-refractivity contribution >= 4 is 23.6 Å². The van der Waals surface area contributed by atoms with Gasteiger partial charge < -0.3 is 19.0 Å². The van der Waals surface area contributed by atoms with Gasteiger partial charge in [0.1, 0.15) is 5.75 Å². The largest absolute Gasteiger partial charge is 0.497 e. The first kappa shape index (κ1) is 26.6. The van der Waals surface area contributed by atoms with E-state index >= 15 is 0 Å². The van der Waals surface area contributed by atoms with E-state index in [0.717, 1.165) is 33.7 Å². The Labute approximate surface area is 231 Å². The Bertz CT molecular complexity index is 1410.